The van der Waals surface area contributed by atoms with E-state index in [0.29, 0.717) is 25.3 Å². The molecule has 2 fully saturated rings. The van der Waals surface area contributed by atoms with Crippen LogP contribution in [0.15, 0.2) is 24.3 Å². The third-order valence-corrected chi connectivity index (χ3v) is 4.88. The number of benzene rings is 1. The molecule has 2 aliphatic rings. The van der Waals surface area contributed by atoms with E-state index < -0.39 is 5.60 Å². The largest absolute Gasteiger partial charge is 0.496 e. The normalized spacial score (nSPS) is 24.3. The van der Waals surface area contributed by atoms with Gasteiger partial charge in [-0.15, -0.1) is 0 Å². The highest BCUT2D eigenvalue weighted by Gasteiger charge is 2.43. The fraction of sp³-hybridized carbons (Fsp3) is 0.588. The van der Waals surface area contributed by atoms with Gasteiger partial charge in [0.1, 0.15) is 11.4 Å². The van der Waals surface area contributed by atoms with Gasteiger partial charge in [0.15, 0.2) is 0 Å². The van der Waals surface area contributed by atoms with Crippen molar-refractivity contribution in [3.05, 3.63) is 29.8 Å². The number of hydrogen-bond acceptors (Lipinski definition) is 3. The highest BCUT2D eigenvalue weighted by atomic mass is 16.5. The molecule has 1 saturated heterocycles. The number of likely N-dealkylation sites (tertiary alicyclic amines) is 1. The summed E-state index contributed by atoms with van der Waals surface area (Å²) in [5.41, 5.74) is 0.0593. The van der Waals surface area contributed by atoms with Gasteiger partial charge in [-0.2, -0.15) is 0 Å². The monoisotopic (exact) mass is 289 g/mol. The maximum atomic E-state index is 12.5. The molecule has 1 heterocycles. The quantitative estimate of drug-likeness (QED) is 0.929. The van der Waals surface area contributed by atoms with E-state index in [1.165, 1.54) is 0 Å². The third-order valence-electron chi connectivity index (χ3n) is 4.88. The maximum Gasteiger partial charge on any atom is 0.254 e. The number of aliphatic hydroxyl groups is 1. The van der Waals surface area contributed by atoms with Gasteiger partial charge in [0.05, 0.1) is 7.11 Å². The predicted octanol–water partition coefficient (Wildman–Crippen LogP) is 2.32. The molecule has 1 aliphatic carbocycles. The molecular weight excluding hydrogens is 266 g/mol. The molecule has 4 heteroatoms. The van der Waals surface area contributed by atoms with Crippen LogP contribution in [0.2, 0.25) is 0 Å². The van der Waals surface area contributed by atoms with Crippen LogP contribution in [0.1, 0.15) is 43.6 Å². The summed E-state index contributed by atoms with van der Waals surface area (Å²) in [4.78, 5) is 14.4. The van der Waals surface area contributed by atoms with Crippen molar-refractivity contribution in [2.24, 2.45) is 0 Å². The van der Waals surface area contributed by atoms with Gasteiger partial charge in [0.25, 0.3) is 5.91 Å². The number of amides is 1. The third kappa shape index (κ3) is 2.64. The molecular formula is C17H23NO3. The Balaban J connectivity index is 1.72. The van der Waals surface area contributed by atoms with Gasteiger partial charge in [-0.25, -0.2) is 0 Å². The number of para-hydroxylation sites is 1. The van der Waals surface area contributed by atoms with Crippen LogP contribution >= 0.6 is 0 Å². The molecule has 1 aliphatic heterocycles. The fourth-order valence-corrected chi connectivity index (χ4v) is 3.67. The van der Waals surface area contributed by atoms with Crippen LogP contribution in [0.25, 0.3) is 0 Å². The Bertz CT molecular complexity index is 523. The van der Waals surface area contributed by atoms with Crippen LogP contribution < -0.4 is 4.74 Å². The molecule has 1 saturated carbocycles. The minimum atomic E-state index is -1.10. The van der Waals surface area contributed by atoms with E-state index in [0.717, 1.165) is 37.1 Å². The molecule has 1 aromatic rings. The second kappa shape index (κ2) is 5.68. The number of carbonyl (C=O) groups excluding carboxylic acids is 1. The topological polar surface area (TPSA) is 49.8 Å². The lowest BCUT2D eigenvalue weighted by atomic mass is 9.97. The Labute approximate surface area is 125 Å². The van der Waals surface area contributed by atoms with E-state index >= 15 is 0 Å². The summed E-state index contributed by atoms with van der Waals surface area (Å²) in [6, 6.07) is 8.00. The molecule has 0 aromatic heterocycles. The summed E-state index contributed by atoms with van der Waals surface area (Å²) in [6.07, 6.45) is 4.06. The van der Waals surface area contributed by atoms with Crippen molar-refractivity contribution in [1.29, 1.82) is 0 Å². The zero-order valence-electron chi connectivity index (χ0n) is 12.5. The maximum absolute atomic E-state index is 12.5. The second-order valence-corrected chi connectivity index (χ2v) is 6.22. The molecule has 0 spiro atoms. The molecule has 1 aromatic carbocycles. The number of hydrogen-bond donors (Lipinski definition) is 1. The van der Waals surface area contributed by atoms with Crippen LogP contribution in [0, 0.1) is 0 Å². The summed E-state index contributed by atoms with van der Waals surface area (Å²) in [6.45, 7) is 1.41. The van der Waals surface area contributed by atoms with E-state index in [-0.39, 0.29) is 5.91 Å². The summed E-state index contributed by atoms with van der Waals surface area (Å²) in [5, 5.41) is 10.5. The predicted molar refractivity (Wildman–Crippen MR) is 80.3 cm³/mol. The Morgan fingerprint density at radius 3 is 2.76 bits per heavy atom. The van der Waals surface area contributed by atoms with Crippen molar-refractivity contribution in [3.63, 3.8) is 0 Å². The van der Waals surface area contributed by atoms with Crippen LogP contribution in [-0.4, -0.2) is 41.7 Å². The minimum Gasteiger partial charge on any atom is -0.496 e. The van der Waals surface area contributed by atoms with Gasteiger partial charge in [-0.05, 0) is 43.7 Å². The number of ether oxygens (including phenoxy) is 1. The molecule has 21 heavy (non-hydrogen) atoms. The van der Waals surface area contributed by atoms with Crippen LogP contribution in [0.5, 0.6) is 5.75 Å². The highest BCUT2D eigenvalue weighted by molar-refractivity contribution is 5.85. The standard InChI is InChI=1S/C17H23NO3/c1-21-15-7-3-2-6-14(15)13-8-11-18(12-13)16(19)17(20)9-4-5-10-17/h2-3,6-7,13,20H,4-5,8-12H2,1H3. The summed E-state index contributed by atoms with van der Waals surface area (Å²) >= 11 is 0. The van der Waals surface area contributed by atoms with Crippen LogP contribution in [0.4, 0.5) is 0 Å². The lowest BCUT2D eigenvalue weighted by molar-refractivity contribution is -0.149. The van der Waals surface area contributed by atoms with Crippen LogP contribution in [-0.2, 0) is 4.79 Å². The first-order valence-electron chi connectivity index (χ1n) is 7.79. The Hall–Kier alpha value is -1.55. The molecule has 0 radical (unpaired) electrons. The number of nitrogens with zero attached hydrogens (tertiary/aromatic N) is 1. The first-order chi connectivity index (χ1) is 10.1. The Morgan fingerprint density at radius 1 is 1.33 bits per heavy atom. The van der Waals surface area contributed by atoms with E-state index in [4.69, 9.17) is 4.74 Å². The first-order valence-corrected chi connectivity index (χ1v) is 7.79. The summed E-state index contributed by atoms with van der Waals surface area (Å²) in [5.74, 6) is 1.11. The van der Waals surface area contributed by atoms with Crippen molar-refractivity contribution < 1.29 is 14.6 Å². The molecule has 1 amide bonds. The highest BCUT2D eigenvalue weighted by Crippen LogP contribution is 2.37. The second-order valence-electron chi connectivity index (χ2n) is 6.22. The van der Waals surface area contributed by atoms with Gasteiger partial charge in [0, 0.05) is 19.0 Å². The lowest BCUT2D eigenvalue weighted by Gasteiger charge is -2.27. The molecule has 4 nitrogen and oxygen atoms in total. The number of methoxy groups -OCH3 is 1. The Morgan fingerprint density at radius 2 is 2.05 bits per heavy atom. The zero-order valence-corrected chi connectivity index (χ0v) is 12.5. The molecule has 0 bridgehead atoms. The summed E-state index contributed by atoms with van der Waals surface area (Å²) in [7, 11) is 1.68. The average Bonchev–Trinajstić information content (AvgIpc) is 3.16. The van der Waals surface area contributed by atoms with Gasteiger partial charge >= 0.3 is 0 Å². The smallest absolute Gasteiger partial charge is 0.254 e. The molecule has 3 rings (SSSR count). The van der Waals surface area contributed by atoms with Crippen molar-refractivity contribution >= 4 is 5.91 Å². The van der Waals surface area contributed by atoms with E-state index in [1.54, 1.807) is 7.11 Å². The first kappa shape index (κ1) is 14.4. The number of rotatable bonds is 3. The van der Waals surface area contributed by atoms with Gasteiger partial charge in [0.2, 0.25) is 0 Å². The van der Waals surface area contributed by atoms with Crippen molar-refractivity contribution in [2.45, 2.75) is 43.6 Å². The van der Waals surface area contributed by atoms with E-state index in [2.05, 4.69) is 6.07 Å². The van der Waals surface area contributed by atoms with E-state index in [1.807, 2.05) is 23.1 Å². The van der Waals surface area contributed by atoms with Crippen molar-refractivity contribution in [3.8, 4) is 5.75 Å². The molecule has 1 atom stereocenters. The SMILES string of the molecule is COc1ccccc1C1CCN(C(=O)C2(O)CCCC2)C1. The van der Waals surface area contributed by atoms with Gasteiger partial charge in [-0.3, -0.25) is 4.79 Å². The Kier molecular flexibility index (Phi) is 3.89. The summed E-state index contributed by atoms with van der Waals surface area (Å²) < 4.78 is 5.42. The van der Waals surface area contributed by atoms with E-state index in [9.17, 15) is 9.90 Å². The molecule has 1 N–H and O–H groups in total. The average molecular weight is 289 g/mol. The molecule has 114 valence electrons. The number of carbonyl (C=O) groups is 1. The fourth-order valence-electron chi connectivity index (χ4n) is 3.67. The zero-order chi connectivity index (χ0) is 14.9. The van der Waals surface area contributed by atoms with Crippen LogP contribution in [0.3, 0.4) is 0 Å². The van der Waals surface area contributed by atoms with Crippen molar-refractivity contribution in [1.82, 2.24) is 4.90 Å². The van der Waals surface area contributed by atoms with Gasteiger partial charge in [-0.1, -0.05) is 18.2 Å². The lowest BCUT2D eigenvalue weighted by Crippen LogP contribution is -2.46. The molecule has 1 unspecified atom stereocenters. The van der Waals surface area contributed by atoms with Crippen molar-refractivity contribution in [2.75, 3.05) is 20.2 Å². The van der Waals surface area contributed by atoms with Gasteiger partial charge < -0.3 is 14.7 Å². The minimum absolute atomic E-state index is 0.0719.